The minimum absolute atomic E-state index is 0.658. The summed E-state index contributed by atoms with van der Waals surface area (Å²) in [6.07, 6.45) is 16.6. The van der Waals surface area contributed by atoms with Gasteiger partial charge in [0, 0.05) is 23.4 Å². The molecule has 1 saturated carbocycles. The smallest absolute Gasteiger partial charge is 0.119 e. The fraction of sp³-hybridized carbons (Fsp3) is 0.593. The fourth-order valence-corrected chi connectivity index (χ4v) is 4.53. The summed E-state index contributed by atoms with van der Waals surface area (Å²) in [5, 5.41) is 0. The number of aromatic nitrogens is 1. The molecule has 0 aliphatic heterocycles. The quantitative estimate of drug-likeness (QED) is 0.359. The summed E-state index contributed by atoms with van der Waals surface area (Å²) >= 11 is 0. The van der Waals surface area contributed by atoms with Crippen LogP contribution in [0.25, 0.3) is 11.1 Å². The number of unbranched alkanes of at least 4 members (excludes halogenated alkanes) is 4. The monoisotopic (exact) mass is 393 g/mol. The Bertz CT molecular complexity index is 683. The average Bonchev–Trinajstić information content (AvgIpc) is 2.78. The second kappa shape index (κ2) is 12.0. The van der Waals surface area contributed by atoms with E-state index in [2.05, 4.69) is 56.4 Å². The van der Waals surface area contributed by atoms with Crippen molar-refractivity contribution in [2.45, 2.75) is 90.4 Å². The maximum Gasteiger partial charge on any atom is 0.119 e. The van der Waals surface area contributed by atoms with Crippen molar-refractivity contribution in [2.24, 2.45) is 5.92 Å². The van der Waals surface area contributed by atoms with Crippen molar-refractivity contribution in [2.75, 3.05) is 6.61 Å². The summed E-state index contributed by atoms with van der Waals surface area (Å²) < 4.78 is 5.82. The maximum absolute atomic E-state index is 5.82. The Labute approximate surface area is 178 Å². The van der Waals surface area contributed by atoms with E-state index in [9.17, 15) is 0 Å². The third kappa shape index (κ3) is 6.87. The van der Waals surface area contributed by atoms with E-state index in [-0.39, 0.29) is 0 Å². The molecule has 1 heterocycles. The van der Waals surface area contributed by atoms with E-state index >= 15 is 0 Å². The normalized spacial score (nSPS) is 19.2. The predicted octanol–water partition coefficient (Wildman–Crippen LogP) is 8.17. The summed E-state index contributed by atoms with van der Waals surface area (Å²) in [6.45, 7) is 5.32. The molecule has 2 heteroatoms. The van der Waals surface area contributed by atoms with Crippen molar-refractivity contribution in [3.63, 3.8) is 0 Å². The Hall–Kier alpha value is -1.83. The van der Waals surface area contributed by atoms with E-state index in [4.69, 9.17) is 9.72 Å². The Balaban J connectivity index is 1.49. The molecule has 0 atom stereocenters. The lowest BCUT2D eigenvalue weighted by Gasteiger charge is -2.28. The number of pyridine rings is 1. The van der Waals surface area contributed by atoms with Crippen molar-refractivity contribution in [3.05, 3.63) is 48.3 Å². The first kappa shape index (κ1) is 21.9. The summed E-state index contributed by atoms with van der Waals surface area (Å²) in [7, 11) is 0. The lowest BCUT2D eigenvalue weighted by Crippen LogP contribution is -2.14. The zero-order valence-electron chi connectivity index (χ0n) is 18.5. The molecule has 3 rings (SSSR count). The number of benzene rings is 1. The lowest BCUT2D eigenvalue weighted by atomic mass is 9.78. The summed E-state index contributed by atoms with van der Waals surface area (Å²) in [4.78, 5) is 4.84. The minimum atomic E-state index is 0.658. The second-order valence-electron chi connectivity index (χ2n) is 8.77. The van der Waals surface area contributed by atoms with Crippen molar-refractivity contribution in [1.29, 1.82) is 0 Å². The lowest BCUT2D eigenvalue weighted by molar-refractivity contribution is 0.300. The van der Waals surface area contributed by atoms with Crippen LogP contribution in [-0.4, -0.2) is 11.6 Å². The van der Waals surface area contributed by atoms with Gasteiger partial charge in [0.05, 0.1) is 6.61 Å². The van der Waals surface area contributed by atoms with Crippen molar-refractivity contribution >= 4 is 0 Å². The van der Waals surface area contributed by atoms with Gasteiger partial charge in [-0.1, -0.05) is 70.6 Å². The van der Waals surface area contributed by atoms with Gasteiger partial charge in [-0.15, -0.1) is 0 Å². The van der Waals surface area contributed by atoms with Gasteiger partial charge in [-0.2, -0.15) is 0 Å². The third-order valence-corrected chi connectivity index (χ3v) is 6.47. The number of hydrogen-bond acceptors (Lipinski definition) is 2. The molecule has 0 radical (unpaired) electrons. The molecule has 158 valence electrons. The van der Waals surface area contributed by atoms with Gasteiger partial charge in [-0.05, 0) is 61.8 Å². The SMILES string of the molecule is CCCCCOc1ccc(-c2ccc([C@H]3CC[C@H](CCCCC)CC3)nc2)cc1. The molecule has 29 heavy (non-hydrogen) atoms. The molecule has 1 aromatic heterocycles. The molecule has 0 unspecified atom stereocenters. The van der Waals surface area contributed by atoms with E-state index in [1.807, 2.05) is 0 Å². The standard InChI is InChI=1S/C27H39NO/c1-3-5-7-9-22-10-12-24(13-11-22)27-19-16-25(21-28-27)23-14-17-26(18-15-23)29-20-8-6-4-2/h14-19,21-22,24H,3-13,20H2,1-2H3/t22-,24-. The molecule has 0 N–H and O–H groups in total. The number of ether oxygens (including phenoxy) is 1. The van der Waals surface area contributed by atoms with Crippen molar-refractivity contribution in [3.8, 4) is 16.9 Å². The molecule has 0 saturated heterocycles. The van der Waals surface area contributed by atoms with Crippen LogP contribution in [0.3, 0.4) is 0 Å². The second-order valence-corrected chi connectivity index (χ2v) is 8.77. The van der Waals surface area contributed by atoms with Crippen LogP contribution in [0.2, 0.25) is 0 Å². The van der Waals surface area contributed by atoms with E-state index in [1.54, 1.807) is 0 Å². The van der Waals surface area contributed by atoms with E-state index in [0.717, 1.165) is 24.7 Å². The van der Waals surface area contributed by atoms with Gasteiger partial charge in [0.15, 0.2) is 0 Å². The Morgan fingerprint density at radius 3 is 2.14 bits per heavy atom. The number of nitrogens with zero attached hydrogens (tertiary/aromatic N) is 1. The first-order chi connectivity index (χ1) is 14.3. The van der Waals surface area contributed by atoms with Crippen molar-refractivity contribution in [1.82, 2.24) is 4.98 Å². The molecule has 1 aromatic carbocycles. The first-order valence-electron chi connectivity index (χ1n) is 12.0. The van der Waals surface area contributed by atoms with Gasteiger partial charge in [0.1, 0.15) is 5.75 Å². The molecule has 0 spiro atoms. The molecular weight excluding hydrogens is 354 g/mol. The van der Waals surface area contributed by atoms with Gasteiger partial charge in [-0.25, -0.2) is 0 Å². The topological polar surface area (TPSA) is 22.1 Å². The van der Waals surface area contributed by atoms with Crippen LogP contribution in [-0.2, 0) is 0 Å². The third-order valence-electron chi connectivity index (χ3n) is 6.47. The van der Waals surface area contributed by atoms with E-state index < -0.39 is 0 Å². The highest BCUT2D eigenvalue weighted by molar-refractivity contribution is 5.63. The summed E-state index contributed by atoms with van der Waals surface area (Å²) in [5.74, 6) is 2.58. The predicted molar refractivity (Wildman–Crippen MR) is 124 cm³/mol. The molecule has 1 fully saturated rings. The van der Waals surface area contributed by atoms with Crippen LogP contribution in [0.15, 0.2) is 42.6 Å². The molecule has 1 aliphatic rings. The van der Waals surface area contributed by atoms with Crippen LogP contribution in [0.5, 0.6) is 5.75 Å². The van der Waals surface area contributed by atoms with Crippen LogP contribution >= 0.6 is 0 Å². The Morgan fingerprint density at radius 1 is 0.793 bits per heavy atom. The highest BCUT2D eigenvalue weighted by Gasteiger charge is 2.22. The zero-order chi connectivity index (χ0) is 20.3. The molecule has 0 bridgehead atoms. The number of hydrogen-bond donors (Lipinski definition) is 0. The van der Waals surface area contributed by atoms with Gasteiger partial charge in [0.2, 0.25) is 0 Å². The van der Waals surface area contributed by atoms with Gasteiger partial charge in [0.25, 0.3) is 0 Å². The molecular formula is C27H39NO. The minimum Gasteiger partial charge on any atom is -0.494 e. The van der Waals surface area contributed by atoms with Crippen LogP contribution in [0.1, 0.15) is 96.1 Å². The van der Waals surface area contributed by atoms with Crippen LogP contribution < -0.4 is 4.74 Å². The van der Waals surface area contributed by atoms with Gasteiger partial charge in [-0.3, -0.25) is 4.98 Å². The van der Waals surface area contributed by atoms with Gasteiger partial charge < -0.3 is 4.74 Å². The Kier molecular flexibility index (Phi) is 9.05. The van der Waals surface area contributed by atoms with E-state index in [1.165, 1.54) is 81.0 Å². The van der Waals surface area contributed by atoms with Crippen LogP contribution in [0.4, 0.5) is 0 Å². The molecule has 2 aromatic rings. The molecule has 2 nitrogen and oxygen atoms in total. The fourth-order valence-electron chi connectivity index (χ4n) is 4.53. The first-order valence-corrected chi connectivity index (χ1v) is 12.0. The molecule has 1 aliphatic carbocycles. The highest BCUT2D eigenvalue weighted by Crippen LogP contribution is 2.37. The maximum atomic E-state index is 5.82. The summed E-state index contributed by atoms with van der Waals surface area (Å²) in [5.41, 5.74) is 3.70. The highest BCUT2D eigenvalue weighted by atomic mass is 16.5. The number of rotatable bonds is 11. The van der Waals surface area contributed by atoms with Crippen molar-refractivity contribution < 1.29 is 4.74 Å². The zero-order valence-corrected chi connectivity index (χ0v) is 18.5. The van der Waals surface area contributed by atoms with Crippen LogP contribution in [0, 0.1) is 5.92 Å². The van der Waals surface area contributed by atoms with Gasteiger partial charge >= 0.3 is 0 Å². The Morgan fingerprint density at radius 2 is 1.48 bits per heavy atom. The van der Waals surface area contributed by atoms with E-state index in [0.29, 0.717) is 5.92 Å². The molecule has 0 amide bonds. The largest absolute Gasteiger partial charge is 0.494 e. The summed E-state index contributed by atoms with van der Waals surface area (Å²) in [6, 6.07) is 12.9. The average molecular weight is 394 g/mol.